The lowest BCUT2D eigenvalue weighted by Crippen LogP contribution is -2.34. The lowest BCUT2D eigenvalue weighted by Gasteiger charge is -2.37. The van der Waals surface area contributed by atoms with E-state index < -0.39 is 0 Å². The molecule has 0 amide bonds. The fourth-order valence-corrected chi connectivity index (χ4v) is 3.56. The second-order valence-electron chi connectivity index (χ2n) is 6.67. The highest BCUT2D eigenvalue weighted by molar-refractivity contribution is 5.47. The number of hydrogen-bond donors (Lipinski definition) is 0. The third-order valence-corrected chi connectivity index (χ3v) is 4.88. The van der Waals surface area contributed by atoms with Gasteiger partial charge in [0, 0.05) is 12.7 Å². The second kappa shape index (κ2) is 8.04. The summed E-state index contributed by atoms with van der Waals surface area (Å²) >= 11 is 0. The normalized spacial score (nSPS) is 16.7. The van der Waals surface area contributed by atoms with Crippen LogP contribution in [0.15, 0.2) is 73.4 Å². The molecule has 4 rings (SSSR count). The summed E-state index contributed by atoms with van der Waals surface area (Å²) < 4.78 is 5.92. The second-order valence-corrected chi connectivity index (χ2v) is 6.67. The molecule has 1 unspecified atom stereocenters. The van der Waals surface area contributed by atoms with E-state index in [1.165, 1.54) is 18.4 Å². The van der Waals surface area contributed by atoms with Crippen LogP contribution in [0.25, 0.3) is 6.08 Å². The molecule has 0 saturated carbocycles. The zero-order valence-corrected chi connectivity index (χ0v) is 15.3. The zero-order chi connectivity index (χ0) is 18.5. The molecule has 0 bridgehead atoms. The zero-order valence-electron chi connectivity index (χ0n) is 15.3. The van der Waals surface area contributed by atoms with Gasteiger partial charge in [-0.15, -0.1) is 0 Å². The van der Waals surface area contributed by atoms with Gasteiger partial charge in [0.15, 0.2) is 5.82 Å². The van der Waals surface area contributed by atoms with Crippen LogP contribution in [0, 0.1) is 0 Å². The molecule has 136 valence electrons. The molecular formula is C23H23N3O. The van der Waals surface area contributed by atoms with Crippen molar-refractivity contribution in [2.45, 2.75) is 25.3 Å². The molecule has 0 aliphatic carbocycles. The quantitative estimate of drug-likeness (QED) is 0.592. The van der Waals surface area contributed by atoms with E-state index in [4.69, 9.17) is 4.74 Å². The highest BCUT2D eigenvalue weighted by Crippen LogP contribution is 2.35. The van der Waals surface area contributed by atoms with Crippen molar-refractivity contribution in [1.82, 2.24) is 9.97 Å². The lowest BCUT2D eigenvalue weighted by molar-refractivity contribution is 0.465. The van der Waals surface area contributed by atoms with Crippen molar-refractivity contribution in [2.24, 2.45) is 0 Å². The molecule has 4 nitrogen and oxygen atoms in total. The molecule has 1 aromatic heterocycles. The summed E-state index contributed by atoms with van der Waals surface area (Å²) in [7, 11) is 0. The maximum Gasteiger partial charge on any atom is 0.153 e. The molecular weight excluding hydrogens is 334 g/mol. The van der Waals surface area contributed by atoms with Crippen LogP contribution in [0.3, 0.4) is 0 Å². The van der Waals surface area contributed by atoms with Crippen molar-refractivity contribution in [1.29, 1.82) is 0 Å². The first-order chi connectivity index (χ1) is 13.3. The van der Waals surface area contributed by atoms with Crippen LogP contribution in [0.5, 0.6) is 11.5 Å². The summed E-state index contributed by atoms with van der Waals surface area (Å²) in [6.45, 7) is 4.78. The van der Waals surface area contributed by atoms with Crippen molar-refractivity contribution < 1.29 is 4.74 Å². The largest absolute Gasteiger partial charge is 0.457 e. The molecule has 27 heavy (non-hydrogen) atoms. The highest BCUT2D eigenvalue weighted by Gasteiger charge is 2.25. The van der Waals surface area contributed by atoms with Gasteiger partial charge in [0.2, 0.25) is 0 Å². The number of para-hydroxylation sites is 1. The summed E-state index contributed by atoms with van der Waals surface area (Å²) in [6, 6.07) is 20.6. The van der Waals surface area contributed by atoms with Crippen LogP contribution in [0.2, 0.25) is 0 Å². The third-order valence-electron chi connectivity index (χ3n) is 4.88. The summed E-state index contributed by atoms with van der Waals surface area (Å²) in [4.78, 5) is 11.2. The Morgan fingerprint density at radius 1 is 0.963 bits per heavy atom. The number of hydrogen-bond acceptors (Lipinski definition) is 4. The van der Waals surface area contributed by atoms with Crippen LogP contribution in [0.4, 0.5) is 5.82 Å². The molecule has 2 aromatic carbocycles. The number of rotatable bonds is 5. The number of ether oxygens (including phenoxy) is 1. The maximum absolute atomic E-state index is 5.92. The molecule has 0 N–H and O–H groups in total. The minimum absolute atomic E-state index is 0.317. The monoisotopic (exact) mass is 357 g/mol. The van der Waals surface area contributed by atoms with Gasteiger partial charge in [-0.3, -0.25) is 0 Å². The van der Waals surface area contributed by atoms with Crippen molar-refractivity contribution in [2.75, 3.05) is 11.4 Å². The number of benzene rings is 2. The van der Waals surface area contributed by atoms with E-state index in [9.17, 15) is 0 Å². The van der Waals surface area contributed by atoms with Crippen LogP contribution >= 0.6 is 0 Å². The average molecular weight is 357 g/mol. The van der Waals surface area contributed by atoms with E-state index in [2.05, 4.69) is 33.6 Å². The fourth-order valence-electron chi connectivity index (χ4n) is 3.56. The number of anilines is 1. The average Bonchev–Trinajstić information content (AvgIpc) is 2.75. The van der Waals surface area contributed by atoms with Gasteiger partial charge >= 0.3 is 0 Å². The Hall–Kier alpha value is -3.14. The van der Waals surface area contributed by atoms with E-state index in [1.807, 2.05) is 54.7 Å². The Balaban J connectivity index is 1.55. The highest BCUT2D eigenvalue weighted by atomic mass is 16.5. The van der Waals surface area contributed by atoms with Crippen molar-refractivity contribution in [3.63, 3.8) is 0 Å². The molecule has 0 radical (unpaired) electrons. The summed E-state index contributed by atoms with van der Waals surface area (Å²) in [5.74, 6) is 3.34. The fraction of sp³-hybridized carbons (Fsp3) is 0.217. The van der Waals surface area contributed by atoms with Crippen LogP contribution in [0.1, 0.15) is 36.7 Å². The molecule has 1 aliphatic rings. The number of piperidine rings is 1. The van der Waals surface area contributed by atoms with E-state index in [0.717, 1.165) is 30.3 Å². The molecule has 1 fully saturated rings. The molecule has 4 heteroatoms. The summed E-state index contributed by atoms with van der Waals surface area (Å²) in [5.41, 5.74) is 1.29. The Bertz CT molecular complexity index is 893. The van der Waals surface area contributed by atoms with E-state index in [1.54, 1.807) is 6.08 Å². The molecule has 1 saturated heterocycles. The third kappa shape index (κ3) is 4.00. The number of aromatic nitrogens is 2. The number of nitrogens with zero attached hydrogens (tertiary/aromatic N) is 3. The van der Waals surface area contributed by atoms with Gasteiger partial charge in [-0.25, -0.2) is 9.97 Å². The van der Waals surface area contributed by atoms with Gasteiger partial charge < -0.3 is 9.64 Å². The summed E-state index contributed by atoms with van der Waals surface area (Å²) in [6.07, 6.45) is 7.02. The predicted octanol–water partition coefficient (Wildman–Crippen LogP) is 5.64. The lowest BCUT2D eigenvalue weighted by atomic mass is 9.95. The minimum atomic E-state index is 0.317. The van der Waals surface area contributed by atoms with Gasteiger partial charge in [-0.05, 0) is 61.2 Å². The first kappa shape index (κ1) is 17.3. The summed E-state index contributed by atoms with van der Waals surface area (Å²) in [5, 5.41) is 0. The maximum atomic E-state index is 5.92. The van der Waals surface area contributed by atoms with E-state index in [-0.39, 0.29) is 0 Å². The molecule has 2 heterocycles. The van der Waals surface area contributed by atoms with E-state index in [0.29, 0.717) is 11.9 Å². The molecule has 0 spiro atoms. The van der Waals surface area contributed by atoms with Crippen molar-refractivity contribution >= 4 is 11.9 Å². The Morgan fingerprint density at radius 3 is 2.52 bits per heavy atom. The Kier molecular flexibility index (Phi) is 5.15. The molecule has 1 atom stereocenters. The van der Waals surface area contributed by atoms with Gasteiger partial charge in [0.25, 0.3) is 0 Å². The van der Waals surface area contributed by atoms with Gasteiger partial charge in [0.1, 0.15) is 17.3 Å². The smallest absolute Gasteiger partial charge is 0.153 e. The Labute approximate surface area is 160 Å². The van der Waals surface area contributed by atoms with Crippen LogP contribution in [-0.2, 0) is 0 Å². The first-order valence-corrected chi connectivity index (χ1v) is 9.38. The predicted molar refractivity (Wildman–Crippen MR) is 109 cm³/mol. The van der Waals surface area contributed by atoms with Gasteiger partial charge in [-0.1, -0.05) is 36.9 Å². The van der Waals surface area contributed by atoms with Gasteiger partial charge in [0.05, 0.1) is 6.04 Å². The molecule has 1 aliphatic heterocycles. The molecule has 3 aromatic rings. The van der Waals surface area contributed by atoms with Crippen LogP contribution < -0.4 is 9.64 Å². The Morgan fingerprint density at radius 2 is 1.74 bits per heavy atom. The van der Waals surface area contributed by atoms with E-state index >= 15 is 0 Å². The van der Waals surface area contributed by atoms with Crippen molar-refractivity contribution in [3.05, 3.63) is 84.8 Å². The SMILES string of the molecule is C=Cc1nccc(N2CCCCC2c2ccc(Oc3ccccc3)cc2)n1. The topological polar surface area (TPSA) is 38.2 Å². The minimum Gasteiger partial charge on any atom is -0.457 e. The van der Waals surface area contributed by atoms with Gasteiger partial charge in [-0.2, -0.15) is 0 Å². The van der Waals surface area contributed by atoms with Crippen molar-refractivity contribution in [3.8, 4) is 11.5 Å². The van der Waals surface area contributed by atoms with Crippen LogP contribution in [-0.4, -0.2) is 16.5 Å². The standard InChI is InChI=1S/C23H23N3O/c1-2-22-24-16-15-23(25-22)26-17-7-6-10-21(26)18-11-13-20(14-12-18)27-19-8-4-3-5-9-19/h2-5,8-9,11-16,21H,1,6-7,10,17H2. The first-order valence-electron chi connectivity index (χ1n) is 9.38.